The second-order valence-electron chi connectivity index (χ2n) is 2.60. The van der Waals surface area contributed by atoms with Crippen molar-refractivity contribution in [3.63, 3.8) is 0 Å². The molecule has 0 aliphatic carbocycles. The summed E-state index contributed by atoms with van der Waals surface area (Å²) in [5, 5.41) is 2.79. The zero-order valence-corrected chi connectivity index (χ0v) is 8.43. The normalized spacial score (nSPS) is 10.2. The van der Waals surface area contributed by atoms with E-state index >= 15 is 0 Å². The van der Waals surface area contributed by atoms with E-state index < -0.39 is 0 Å². The van der Waals surface area contributed by atoms with E-state index in [0.717, 1.165) is 0 Å². The minimum atomic E-state index is 0.0712. The van der Waals surface area contributed by atoms with Gasteiger partial charge in [0.1, 0.15) is 6.73 Å². The van der Waals surface area contributed by atoms with E-state index in [1.54, 1.807) is 7.11 Å². The summed E-state index contributed by atoms with van der Waals surface area (Å²) in [5.41, 5.74) is 10.7. The van der Waals surface area contributed by atoms with Crippen LogP contribution in [0.3, 0.4) is 0 Å². The lowest BCUT2D eigenvalue weighted by atomic mass is 10.8. The monoisotopic (exact) mass is 214 g/mol. The van der Waals surface area contributed by atoms with Gasteiger partial charge in [0.05, 0.1) is 13.2 Å². The molecule has 1 aromatic rings. The Balaban J connectivity index is 2.31. The first-order valence-corrected chi connectivity index (χ1v) is 4.30. The van der Waals surface area contributed by atoms with Crippen LogP contribution in [0.2, 0.25) is 0 Å². The van der Waals surface area contributed by atoms with Crippen LogP contribution in [-0.2, 0) is 9.47 Å². The van der Waals surface area contributed by atoms with E-state index in [9.17, 15) is 0 Å². The highest BCUT2D eigenvalue weighted by molar-refractivity contribution is 5.36. The van der Waals surface area contributed by atoms with Gasteiger partial charge >= 0.3 is 0 Å². The quantitative estimate of drug-likeness (QED) is 0.410. The van der Waals surface area contributed by atoms with Crippen LogP contribution in [0, 0.1) is 0 Å². The average Bonchev–Trinajstić information content (AvgIpc) is 2.16. The van der Waals surface area contributed by atoms with Gasteiger partial charge < -0.3 is 26.3 Å². The van der Waals surface area contributed by atoms with Crippen molar-refractivity contribution in [3.8, 4) is 0 Å². The fourth-order valence-corrected chi connectivity index (χ4v) is 0.818. The van der Waals surface area contributed by atoms with Crippen molar-refractivity contribution in [3.05, 3.63) is 0 Å². The van der Waals surface area contributed by atoms with Gasteiger partial charge in [-0.2, -0.15) is 15.0 Å². The third-order valence-electron chi connectivity index (χ3n) is 1.43. The van der Waals surface area contributed by atoms with E-state index in [1.165, 1.54) is 0 Å². The summed E-state index contributed by atoms with van der Waals surface area (Å²) in [6, 6.07) is 0. The Morgan fingerprint density at radius 3 is 2.40 bits per heavy atom. The summed E-state index contributed by atoms with van der Waals surface area (Å²) in [5.74, 6) is 0.432. The maximum Gasteiger partial charge on any atom is 0.231 e. The lowest BCUT2D eigenvalue weighted by molar-refractivity contribution is 0.0799. The van der Waals surface area contributed by atoms with Crippen molar-refractivity contribution in [1.82, 2.24) is 15.0 Å². The molecule has 0 aromatic carbocycles. The molecule has 0 amide bonds. The first kappa shape index (κ1) is 11.4. The van der Waals surface area contributed by atoms with Crippen LogP contribution in [0.25, 0.3) is 0 Å². The molecule has 15 heavy (non-hydrogen) atoms. The van der Waals surface area contributed by atoms with Crippen LogP contribution in [0.1, 0.15) is 0 Å². The van der Waals surface area contributed by atoms with Crippen LogP contribution >= 0.6 is 0 Å². The molecule has 0 bridgehead atoms. The number of anilines is 3. The zero-order chi connectivity index (χ0) is 11.1. The molecule has 0 saturated heterocycles. The predicted molar refractivity (Wildman–Crippen MR) is 55.0 cm³/mol. The lowest BCUT2D eigenvalue weighted by Crippen LogP contribution is -2.14. The lowest BCUT2D eigenvalue weighted by Gasteiger charge is -2.06. The van der Waals surface area contributed by atoms with E-state index in [1.807, 2.05) is 0 Å². The number of hydrogen-bond donors (Lipinski definition) is 3. The molecular weight excluding hydrogens is 200 g/mol. The van der Waals surface area contributed by atoms with Crippen LogP contribution in [0.4, 0.5) is 17.8 Å². The highest BCUT2D eigenvalue weighted by Gasteiger charge is 1.99. The minimum Gasteiger partial charge on any atom is -0.382 e. The topological polar surface area (TPSA) is 121 Å². The highest BCUT2D eigenvalue weighted by atomic mass is 16.5. The molecule has 0 spiro atoms. The Morgan fingerprint density at radius 1 is 1.13 bits per heavy atom. The van der Waals surface area contributed by atoms with Gasteiger partial charge in [0.2, 0.25) is 17.8 Å². The summed E-state index contributed by atoms with van der Waals surface area (Å²) < 4.78 is 9.94. The number of nitrogens with zero attached hydrogens (tertiary/aromatic N) is 3. The molecule has 0 radical (unpaired) electrons. The maximum atomic E-state index is 5.37. The summed E-state index contributed by atoms with van der Waals surface area (Å²) in [4.78, 5) is 11.2. The molecule has 8 heteroatoms. The molecule has 0 fully saturated rings. The Bertz CT molecular complexity index is 287. The average molecular weight is 214 g/mol. The molecule has 8 nitrogen and oxygen atoms in total. The second kappa shape index (κ2) is 5.94. The minimum absolute atomic E-state index is 0.0712. The standard InChI is InChI=1S/C7H14N6O2/c1-14-2-3-15-4-10-7-12-5(8)11-6(9)13-7/h2-4H2,1H3,(H5,8,9,10,11,12,13). The van der Waals surface area contributed by atoms with Gasteiger partial charge in [-0.05, 0) is 0 Å². The van der Waals surface area contributed by atoms with E-state index in [0.29, 0.717) is 13.2 Å². The summed E-state index contributed by atoms with van der Waals surface area (Å²) in [7, 11) is 1.60. The SMILES string of the molecule is COCCOCNc1nc(N)nc(N)n1. The molecule has 1 rings (SSSR count). The predicted octanol–water partition coefficient (Wildman–Crippen LogP) is -0.932. The molecule has 5 N–H and O–H groups in total. The molecule has 0 aliphatic rings. The number of ether oxygens (including phenoxy) is 2. The third-order valence-corrected chi connectivity index (χ3v) is 1.43. The largest absolute Gasteiger partial charge is 0.382 e. The second-order valence-corrected chi connectivity index (χ2v) is 2.60. The Labute approximate surface area is 87.0 Å². The summed E-state index contributed by atoms with van der Waals surface area (Å²) in [6.07, 6.45) is 0. The Kier molecular flexibility index (Phi) is 4.51. The smallest absolute Gasteiger partial charge is 0.231 e. The molecule has 0 saturated carbocycles. The van der Waals surface area contributed by atoms with Crippen LogP contribution in [0.15, 0.2) is 0 Å². The maximum absolute atomic E-state index is 5.37. The van der Waals surface area contributed by atoms with Gasteiger partial charge in [0.25, 0.3) is 0 Å². The summed E-state index contributed by atoms with van der Waals surface area (Å²) >= 11 is 0. The van der Waals surface area contributed by atoms with Crippen molar-refractivity contribution in [2.75, 3.05) is 43.8 Å². The fourth-order valence-electron chi connectivity index (χ4n) is 0.818. The first-order valence-electron chi connectivity index (χ1n) is 4.30. The van der Waals surface area contributed by atoms with Gasteiger partial charge in [-0.1, -0.05) is 0 Å². The number of methoxy groups -OCH3 is 1. The number of hydrogen-bond acceptors (Lipinski definition) is 8. The van der Waals surface area contributed by atoms with Gasteiger partial charge in [0, 0.05) is 7.11 Å². The molecule has 0 unspecified atom stereocenters. The van der Waals surface area contributed by atoms with Gasteiger partial charge in [0.15, 0.2) is 0 Å². The Hall–Kier alpha value is -1.67. The number of nitrogen functional groups attached to an aromatic ring is 2. The molecule has 0 aliphatic heterocycles. The van der Waals surface area contributed by atoms with E-state index in [2.05, 4.69) is 20.3 Å². The van der Waals surface area contributed by atoms with Crippen molar-refractivity contribution >= 4 is 17.8 Å². The number of rotatable bonds is 6. The van der Waals surface area contributed by atoms with Crippen molar-refractivity contribution < 1.29 is 9.47 Å². The molecular formula is C7H14N6O2. The number of nitrogens with one attached hydrogen (secondary N) is 1. The van der Waals surface area contributed by atoms with Crippen LogP contribution < -0.4 is 16.8 Å². The fraction of sp³-hybridized carbons (Fsp3) is 0.571. The van der Waals surface area contributed by atoms with E-state index in [-0.39, 0.29) is 24.6 Å². The van der Waals surface area contributed by atoms with Gasteiger partial charge in [-0.15, -0.1) is 0 Å². The number of aromatic nitrogens is 3. The van der Waals surface area contributed by atoms with Crippen LogP contribution in [-0.4, -0.2) is 42.0 Å². The third kappa shape index (κ3) is 4.38. The van der Waals surface area contributed by atoms with Crippen molar-refractivity contribution in [2.45, 2.75) is 0 Å². The Morgan fingerprint density at radius 2 is 1.80 bits per heavy atom. The molecule has 1 heterocycles. The molecule has 1 aromatic heterocycles. The summed E-state index contributed by atoms with van der Waals surface area (Å²) in [6.45, 7) is 1.27. The zero-order valence-electron chi connectivity index (χ0n) is 8.43. The van der Waals surface area contributed by atoms with Gasteiger partial charge in [-0.25, -0.2) is 0 Å². The number of nitrogens with two attached hydrogens (primary N) is 2. The van der Waals surface area contributed by atoms with E-state index in [4.69, 9.17) is 20.9 Å². The highest BCUT2D eigenvalue weighted by Crippen LogP contribution is 2.02. The molecule has 84 valence electrons. The van der Waals surface area contributed by atoms with Crippen molar-refractivity contribution in [1.29, 1.82) is 0 Å². The van der Waals surface area contributed by atoms with Gasteiger partial charge in [-0.3, -0.25) is 0 Å². The van der Waals surface area contributed by atoms with Crippen LogP contribution in [0.5, 0.6) is 0 Å². The first-order chi connectivity index (χ1) is 7.22. The molecule has 0 atom stereocenters. The van der Waals surface area contributed by atoms with Crippen molar-refractivity contribution in [2.24, 2.45) is 0 Å².